The maximum absolute atomic E-state index is 13.0. The zero-order valence-corrected chi connectivity index (χ0v) is 16.4. The van der Waals surface area contributed by atoms with Gasteiger partial charge in [-0.25, -0.2) is 0 Å². The van der Waals surface area contributed by atoms with E-state index in [0.29, 0.717) is 18.5 Å². The van der Waals surface area contributed by atoms with Crippen LogP contribution in [0.2, 0.25) is 0 Å². The number of thioether (sulfide) groups is 1. The average Bonchev–Trinajstić information content (AvgIpc) is 2.71. The van der Waals surface area contributed by atoms with E-state index in [1.54, 1.807) is 12.1 Å². The highest BCUT2D eigenvalue weighted by atomic mass is 32.2. The van der Waals surface area contributed by atoms with Crippen LogP contribution in [0, 0.1) is 5.92 Å². The minimum atomic E-state index is -1.13. The molecular formula is C19H24N2O5S. The van der Waals surface area contributed by atoms with Gasteiger partial charge in [-0.2, -0.15) is 0 Å². The number of nitrogens with zero attached hydrogens (tertiary/aromatic N) is 1. The smallest absolute Gasteiger partial charge is 0.323 e. The Morgan fingerprint density at radius 2 is 1.96 bits per heavy atom. The van der Waals surface area contributed by atoms with Crippen molar-refractivity contribution in [2.45, 2.75) is 44.9 Å². The second-order valence-electron chi connectivity index (χ2n) is 6.82. The molecule has 0 bridgehead atoms. The van der Waals surface area contributed by atoms with Crippen LogP contribution in [0.25, 0.3) is 0 Å². The standard InChI is InChI=1S/C19H24N2O5S/c1-11(2)17(27-12(3)22)18(25)20-14-9-8-13-6-4-5-7-15(13)21(19(14)26)10-16(23)24/h4-7,11,14,17H,8-10H2,1-3H3,(H,20,25)(H,23,24)/t14-,17-/m0/s1. The third-order valence-corrected chi connectivity index (χ3v) is 5.66. The monoisotopic (exact) mass is 392 g/mol. The van der Waals surface area contributed by atoms with E-state index in [1.165, 1.54) is 11.8 Å². The van der Waals surface area contributed by atoms with Crippen LogP contribution in [0.3, 0.4) is 0 Å². The zero-order chi connectivity index (χ0) is 20.1. The molecule has 2 amide bonds. The van der Waals surface area contributed by atoms with Crippen molar-refractivity contribution in [1.29, 1.82) is 0 Å². The number of benzene rings is 1. The normalized spacial score (nSPS) is 17.9. The Labute approximate surface area is 162 Å². The third-order valence-electron chi connectivity index (χ3n) is 4.32. The summed E-state index contributed by atoms with van der Waals surface area (Å²) < 4.78 is 0. The van der Waals surface area contributed by atoms with Crippen molar-refractivity contribution in [2.24, 2.45) is 5.92 Å². The summed E-state index contributed by atoms with van der Waals surface area (Å²) in [5.74, 6) is -2.06. The van der Waals surface area contributed by atoms with Gasteiger partial charge in [-0.1, -0.05) is 43.8 Å². The summed E-state index contributed by atoms with van der Waals surface area (Å²) in [5, 5.41) is 11.2. The number of hydrogen-bond acceptors (Lipinski definition) is 5. The van der Waals surface area contributed by atoms with Gasteiger partial charge >= 0.3 is 5.97 Å². The molecule has 0 unspecified atom stereocenters. The molecule has 1 heterocycles. The number of nitrogens with one attached hydrogen (secondary N) is 1. The first-order valence-corrected chi connectivity index (χ1v) is 9.67. The van der Waals surface area contributed by atoms with E-state index in [4.69, 9.17) is 0 Å². The fourth-order valence-corrected chi connectivity index (χ4v) is 3.88. The second-order valence-corrected chi connectivity index (χ2v) is 8.14. The lowest BCUT2D eigenvalue weighted by atomic mass is 10.0. The Kier molecular flexibility index (Phi) is 7.01. The molecule has 2 atom stereocenters. The number of aliphatic carboxylic acids is 1. The highest BCUT2D eigenvalue weighted by Crippen LogP contribution is 2.27. The number of amides is 2. The third kappa shape index (κ3) is 5.32. The number of fused-ring (bicyclic) bond motifs is 1. The van der Waals surface area contributed by atoms with Gasteiger partial charge in [0, 0.05) is 12.6 Å². The molecular weight excluding hydrogens is 368 g/mol. The van der Waals surface area contributed by atoms with Gasteiger partial charge in [-0.05, 0) is 30.4 Å². The summed E-state index contributed by atoms with van der Waals surface area (Å²) in [7, 11) is 0. The number of anilines is 1. The van der Waals surface area contributed by atoms with Gasteiger partial charge in [0.25, 0.3) is 0 Å². The summed E-state index contributed by atoms with van der Waals surface area (Å²) >= 11 is 0.940. The number of para-hydroxylation sites is 1. The topological polar surface area (TPSA) is 104 Å². The molecule has 1 aliphatic heterocycles. The molecule has 0 aromatic heterocycles. The predicted octanol–water partition coefficient (Wildman–Crippen LogP) is 1.84. The largest absolute Gasteiger partial charge is 0.480 e. The molecule has 146 valence electrons. The minimum Gasteiger partial charge on any atom is -0.480 e. The number of carboxylic acid groups (broad SMARTS) is 1. The van der Waals surface area contributed by atoms with Crippen LogP contribution >= 0.6 is 11.8 Å². The SMILES string of the molecule is CC(=O)S[C@H](C(=O)N[C@H]1CCc2ccccc2N(CC(=O)O)C1=O)C(C)C. The first-order valence-electron chi connectivity index (χ1n) is 8.79. The Bertz CT molecular complexity index is 749. The van der Waals surface area contributed by atoms with Crippen molar-refractivity contribution >= 4 is 40.3 Å². The molecule has 0 saturated carbocycles. The van der Waals surface area contributed by atoms with E-state index in [2.05, 4.69) is 5.32 Å². The van der Waals surface area contributed by atoms with Crippen molar-refractivity contribution in [1.82, 2.24) is 5.32 Å². The van der Waals surface area contributed by atoms with Gasteiger partial charge < -0.3 is 10.4 Å². The quantitative estimate of drug-likeness (QED) is 0.766. The Balaban J connectivity index is 2.25. The van der Waals surface area contributed by atoms with Crippen LogP contribution in [0.1, 0.15) is 32.8 Å². The summed E-state index contributed by atoms with van der Waals surface area (Å²) in [6.07, 6.45) is 0.905. The van der Waals surface area contributed by atoms with Gasteiger partial charge in [-0.15, -0.1) is 0 Å². The van der Waals surface area contributed by atoms with Crippen molar-refractivity contribution in [3.63, 3.8) is 0 Å². The molecule has 1 aromatic rings. The Morgan fingerprint density at radius 1 is 1.30 bits per heavy atom. The number of carbonyl (C=O) groups is 4. The van der Waals surface area contributed by atoms with Crippen LogP contribution in [-0.2, 0) is 25.6 Å². The van der Waals surface area contributed by atoms with Gasteiger partial charge in [0.1, 0.15) is 12.6 Å². The number of aryl methyl sites for hydroxylation is 1. The van der Waals surface area contributed by atoms with Crippen LogP contribution < -0.4 is 10.2 Å². The average molecular weight is 392 g/mol. The molecule has 0 spiro atoms. The van der Waals surface area contributed by atoms with Crippen molar-refractivity contribution < 1.29 is 24.3 Å². The van der Waals surface area contributed by atoms with Crippen molar-refractivity contribution in [3.8, 4) is 0 Å². The molecule has 2 rings (SSSR count). The lowest BCUT2D eigenvalue weighted by molar-refractivity contribution is -0.137. The summed E-state index contributed by atoms with van der Waals surface area (Å²) in [6, 6.07) is 6.31. The van der Waals surface area contributed by atoms with Crippen LogP contribution in [0.4, 0.5) is 5.69 Å². The van der Waals surface area contributed by atoms with Gasteiger partial charge in [0.2, 0.25) is 11.8 Å². The first kappa shape index (κ1) is 21.0. The number of carboxylic acids is 1. The molecule has 8 heteroatoms. The lowest BCUT2D eigenvalue weighted by Gasteiger charge is -2.26. The van der Waals surface area contributed by atoms with Gasteiger partial charge in [0.05, 0.1) is 5.25 Å². The summed E-state index contributed by atoms with van der Waals surface area (Å²) in [5.41, 5.74) is 1.42. The van der Waals surface area contributed by atoms with E-state index in [-0.39, 0.29) is 16.9 Å². The molecule has 27 heavy (non-hydrogen) atoms. The fraction of sp³-hybridized carbons (Fsp3) is 0.474. The second kappa shape index (κ2) is 9.03. The number of carbonyl (C=O) groups excluding carboxylic acids is 3. The molecule has 0 saturated heterocycles. The Hall–Kier alpha value is -2.35. The maximum Gasteiger partial charge on any atom is 0.323 e. The lowest BCUT2D eigenvalue weighted by Crippen LogP contribution is -2.51. The van der Waals surface area contributed by atoms with Crippen LogP contribution in [0.5, 0.6) is 0 Å². The maximum atomic E-state index is 13.0. The van der Waals surface area contributed by atoms with Gasteiger partial charge in [-0.3, -0.25) is 24.1 Å². The highest BCUT2D eigenvalue weighted by Gasteiger charge is 2.34. The minimum absolute atomic E-state index is 0.0906. The molecule has 0 aliphatic carbocycles. The van der Waals surface area contributed by atoms with E-state index in [0.717, 1.165) is 17.3 Å². The van der Waals surface area contributed by atoms with Crippen molar-refractivity contribution in [3.05, 3.63) is 29.8 Å². The van der Waals surface area contributed by atoms with E-state index in [1.807, 2.05) is 26.0 Å². The molecule has 0 radical (unpaired) electrons. The van der Waals surface area contributed by atoms with Gasteiger partial charge in [0.15, 0.2) is 5.12 Å². The van der Waals surface area contributed by atoms with Crippen LogP contribution in [0.15, 0.2) is 24.3 Å². The number of rotatable bonds is 6. The van der Waals surface area contributed by atoms with E-state index in [9.17, 15) is 24.3 Å². The zero-order valence-electron chi connectivity index (χ0n) is 15.6. The summed E-state index contributed by atoms with van der Waals surface area (Å²) in [6.45, 7) is 4.59. The molecule has 0 fully saturated rings. The highest BCUT2D eigenvalue weighted by molar-refractivity contribution is 8.14. The Morgan fingerprint density at radius 3 is 2.56 bits per heavy atom. The fourth-order valence-electron chi connectivity index (χ4n) is 3.07. The van der Waals surface area contributed by atoms with Crippen molar-refractivity contribution in [2.75, 3.05) is 11.4 Å². The predicted molar refractivity (Wildman–Crippen MR) is 104 cm³/mol. The molecule has 1 aromatic carbocycles. The molecule has 2 N–H and O–H groups in total. The molecule has 7 nitrogen and oxygen atoms in total. The van der Waals surface area contributed by atoms with Crippen LogP contribution in [-0.4, -0.2) is 45.8 Å². The van der Waals surface area contributed by atoms with E-state index >= 15 is 0 Å². The first-order chi connectivity index (χ1) is 12.7. The molecule has 1 aliphatic rings. The van der Waals surface area contributed by atoms with E-state index < -0.39 is 29.7 Å². The summed E-state index contributed by atoms with van der Waals surface area (Å²) in [4.78, 5) is 49.6. The number of hydrogen-bond donors (Lipinski definition) is 2.